The summed E-state index contributed by atoms with van der Waals surface area (Å²) >= 11 is 1.23. The third-order valence-electron chi connectivity index (χ3n) is 5.43. The number of carbonyl (C=O) groups excluding carboxylic acids is 1. The van der Waals surface area contributed by atoms with E-state index in [4.69, 9.17) is 4.74 Å². The number of ether oxygens (including phenoxy) is 1. The number of aromatic nitrogens is 2. The molecule has 0 saturated carbocycles. The van der Waals surface area contributed by atoms with E-state index < -0.39 is 11.7 Å². The number of nitrogens with one attached hydrogen (secondary N) is 2. The fraction of sp³-hybridized carbons (Fsp3) is 0.409. The molecule has 1 aliphatic heterocycles. The van der Waals surface area contributed by atoms with Crippen LogP contribution in [0.15, 0.2) is 36.4 Å². The third-order valence-corrected chi connectivity index (χ3v) is 6.31. The molecule has 0 radical (unpaired) electrons. The van der Waals surface area contributed by atoms with E-state index >= 15 is 0 Å². The van der Waals surface area contributed by atoms with Crippen molar-refractivity contribution in [2.75, 3.05) is 56.7 Å². The number of benzene rings is 1. The topological polar surface area (TPSA) is 82.6 Å². The van der Waals surface area contributed by atoms with Crippen LogP contribution in [-0.4, -0.2) is 67.3 Å². The van der Waals surface area contributed by atoms with Gasteiger partial charge in [-0.2, -0.15) is 13.2 Å². The van der Waals surface area contributed by atoms with E-state index in [-0.39, 0.29) is 6.03 Å². The van der Waals surface area contributed by atoms with E-state index in [9.17, 15) is 18.0 Å². The van der Waals surface area contributed by atoms with Gasteiger partial charge < -0.3 is 15.0 Å². The van der Waals surface area contributed by atoms with E-state index in [0.717, 1.165) is 51.4 Å². The van der Waals surface area contributed by atoms with Crippen LogP contribution < -0.4 is 15.5 Å². The van der Waals surface area contributed by atoms with Gasteiger partial charge in [0.25, 0.3) is 0 Å². The maximum Gasteiger partial charge on any atom is 0.416 e. The van der Waals surface area contributed by atoms with Gasteiger partial charge in [-0.3, -0.25) is 10.2 Å². The molecule has 0 spiro atoms. The molecule has 0 unspecified atom stereocenters. The van der Waals surface area contributed by atoms with E-state index in [1.807, 2.05) is 0 Å². The summed E-state index contributed by atoms with van der Waals surface area (Å²) in [4.78, 5) is 25.7. The van der Waals surface area contributed by atoms with Gasteiger partial charge in [-0.05, 0) is 49.4 Å². The SMILES string of the molecule is CN(c1ccc(C(F)(F)F)cc1)c1ccc2nc(NC(=O)NCCCN3CCOCC3)sc2n1. The first-order chi connectivity index (χ1) is 16.3. The minimum absolute atomic E-state index is 0.330. The van der Waals surface area contributed by atoms with Crippen LogP contribution in [-0.2, 0) is 10.9 Å². The highest BCUT2D eigenvalue weighted by atomic mass is 32.1. The number of halogens is 3. The van der Waals surface area contributed by atoms with Crippen LogP contribution >= 0.6 is 11.3 Å². The Morgan fingerprint density at radius 2 is 1.88 bits per heavy atom. The summed E-state index contributed by atoms with van der Waals surface area (Å²) in [5.41, 5.74) is 0.488. The fourth-order valence-corrected chi connectivity index (χ4v) is 4.35. The van der Waals surface area contributed by atoms with Crippen LogP contribution in [0.3, 0.4) is 0 Å². The molecule has 1 saturated heterocycles. The van der Waals surface area contributed by atoms with Gasteiger partial charge in [-0.1, -0.05) is 11.3 Å². The Bertz CT molecular complexity index is 1120. The van der Waals surface area contributed by atoms with Crippen LogP contribution in [0.2, 0.25) is 0 Å². The molecule has 182 valence electrons. The molecule has 1 fully saturated rings. The van der Waals surface area contributed by atoms with Gasteiger partial charge >= 0.3 is 12.2 Å². The highest BCUT2D eigenvalue weighted by molar-refractivity contribution is 7.22. The number of alkyl halides is 3. The lowest BCUT2D eigenvalue weighted by atomic mass is 10.2. The maximum atomic E-state index is 12.8. The van der Waals surface area contributed by atoms with Crippen molar-refractivity contribution in [1.29, 1.82) is 0 Å². The Hall–Kier alpha value is -2.96. The number of rotatable bonds is 7. The number of anilines is 3. The van der Waals surface area contributed by atoms with Gasteiger partial charge in [0, 0.05) is 32.4 Å². The molecule has 4 rings (SSSR count). The second-order valence-electron chi connectivity index (χ2n) is 7.80. The zero-order chi connectivity index (χ0) is 24.1. The van der Waals surface area contributed by atoms with Crippen molar-refractivity contribution in [3.63, 3.8) is 0 Å². The van der Waals surface area contributed by atoms with Gasteiger partial charge in [-0.25, -0.2) is 14.8 Å². The van der Waals surface area contributed by atoms with Gasteiger partial charge in [0.05, 0.1) is 18.8 Å². The van der Waals surface area contributed by atoms with Crippen LogP contribution in [0.4, 0.5) is 34.6 Å². The molecule has 3 heterocycles. The second kappa shape index (κ2) is 10.5. The zero-order valence-corrected chi connectivity index (χ0v) is 19.4. The first-order valence-corrected chi connectivity index (χ1v) is 11.6. The van der Waals surface area contributed by atoms with Crippen molar-refractivity contribution in [2.24, 2.45) is 0 Å². The number of pyridine rings is 1. The summed E-state index contributed by atoms with van der Waals surface area (Å²) in [6, 6.07) is 8.05. The minimum Gasteiger partial charge on any atom is -0.379 e. The first kappa shape index (κ1) is 24.2. The Balaban J connectivity index is 1.32. The average Bonchev–Trinajstić information content (AvgIpc) is 3.23. The molecule has 1 aromatic carbocycles. The highest BCUT2D eigenvalue weighted by Crippen LogP contribution is 2.32. The predicted molar refractivity (Wildman–Crippen MR) is 126 cm³/mol. The monoisotopic (exact) mass is 494 g/mol. The highest BCUT2D eigenvalue weighted by Gasteiger charge is 2.30. The molecular weight excluding hydrogens is 469 g/mol. The summed E-state index contributed by atoms with van der Waals surface area (Å²) in [6.45, 7) is 4.79. The molecule has 0 bridgehead atoms. The van der Waals surface area contributed by atoms with Crippen LogP contribution in [0.5, 0.6) is 0 Å². The van der Waals surface area contributed by atoms with Crippen LogP contribution in [0.25, 0.3) is 10.3 Å². The Kier molecular flexibility index (Phi) is 7.49. The number of urea groups is 1. The fourth-order valence-electron chi connectivity index (χ4n) is 3.52. The van der Waals surface area contributed by atoms with Crippen molar-refractivity contribution >= 4 is 44.4 Å². The van der Waals surface area contributed by atoms with Gasteiger partial charge in [0.2, 0.25) is 0 Å². The first-order valence-electron chi connectivity index (χ1n) is 10.8. The summed E-state index contributed by atoms with van der Waals surface area (Å²) in [7, 11) is 1.72. The van der Waals surface area contributed by atoms with Crippen molar-refractivity contribution < 1.29 is 22.7 Å². The summed E-state index contributed by atoms with van der Waals surface area (Å²) < 4.78 is 43.7. The normalized spacial score (nSPS) is 14.8. The quantitative estimate of drug-likeness (QED) is 0.476. The number of hydrogen-bond donors (Lipinski definition) is 2. The molecule has 2 amide bonds. The second-order valence-corrected chi connectivity index (χ2v) is 8.78. The summed E-state index contributed by atoms with van der Waals surface area (Å²) in [5, 5.41) is 5.98. The Labute approximate surface area is 198 Å². The van der Waals surface area contributed by atoms with Crippen molar-refractivity contribution in [3.8, 4) is 0 Å². The van der Waals surface area contributed by atoms with Crippen LogP contribution in [0.1, 0.15) is 12.0 Å². The number of hydrogen-bond acceptors (Lipinski definition) is 7. The number of amides is 2. The predicted octanol–water partition coefficient (Wildman–Crippen LogP) is 4.32. The maximum absolute atomic E-state index is 12.8. The number of fused-ring (bicyclic) bond motifs is 1. The molecule has 34 heavy (non-hydrogen) atoms. The third kappa shape index (κ3) is 6.13. The summed E-state index contributed by atoms with van der Waals surface area (Å²) in [5.74, 6) is 0.551. The molecule has 1 aliphatic rings. The lowest BCUT2D eigenvalue weighted by molar-refractivity contribution is -0.137. The van der Waals surface area contributed by atoms with E-state index in [1.54, 1.807) is 24.1 Å². The lowest BCUT2D eigenvalue weighted by Gasteiger charge is -2.26. The Morgan fingerprint density at radius 3 is 2.59 bits per heavy atom. The molecule has 8 nitrogen and oxygen atoms in total. The van der Waals surface area contributed by atoms with E-state index in [0.29, 0.717) is 33.5 Å². The van der Waals surface area contributed by atoms with Gasteiger partial charge in [0.1, 0.15) is 16.2 Å². The van der Waals surface area contributed by atoms with Gasteiger partial charge in [-0.15, -0.1) is 0 Å². The van der Waals surface area contributed by atoms with E-state index in [2.05, 4.69) is 25.5 Å². The van der Waals surface area contributed by atoms with E-state index in [1.165, 1.54) is 23.5 Å². The lowest BCUT2D eigenvalue weighted by Crippen LogP contribution is -2.38. The largest absolute Gasteiger partial charge is 0.416 e. The molecule has 12 heteroatoms. The standard InChI is InChI=1S/C22H25F3N6O2S/c1-30(16-5-3-15(4-6-16)22(23,24)25)18-8-7-17-19(28-18)34-21(27-17)29-20(32)26-9-2-10-31-11-13-33-14-12-31/h3-8H,2,9-14H2,1H3,(H2,26,27,29,32). The Morgan fingerprint density at radius 1 is 1.15 bits per heavy atom. The molecule has 2 aromatic heterocycles. The minimum atomic E-state index is -4.38. The smallest absolute Gasteiger partial charge is 0.379 e. The van der Waals surface area contributed by atoms with Crippen molar-refractivity contribution in [1.82, 2.24) is 20.2 Å². The number of carbonyl (C=O) groups is 1. The molecule has 3 aromatic rings. The number of morpholine rings is 1. The number of nitrogens with zero attached hydrogens (tertiary/aromatic N) is 4. The van der Waals surface area contributed by atoms with Crippen LogP contribution in [0, 0.1) is 0 Å². The summed E-state index contributed by atoms with van der Waals surface area (Å²) in [6.07, 6.45) is -3.54. The average molecular weight is 495 g/mol. The molecule has 0 atom stereocenters. The van der Waals surface area contributed by atoms with Crippen molar-refractivity contribution in [3.05, 3.63) is 42.0 Å². The molecular formula is C22H25F3N6O2S. The van der Waals surface area contributed by atoms with Gasteiger partial charge in [0.15, 0.2) is 5.13 Å². The van der Waals surface area contributed by atoms with Crippen molar-refractivity contribution in [2.45, 2.75) is 12.6 Å². The molecule has 0 aliphatic carbocycles. The molecule has 2 N–H and O–H groups in total. The zero-order valence-electron chi connectivity index (χ0n) is 18.6. The number of thiazole rings is 1.